The molecule has 2 aromatic carbocycles. The fraction of sp³-hybridized carbons (Fsp3) is 0.360. The van der Waals surface area contributed by atoms with E-state index < -0.39 is 0 Å². The van der Waals surface area contributed by atoms with E-state index in [1.807, 2.05) is 24.4 Å². The maximum Gasteiger partial charge on any atom is 0.0977 e. The van der Waals surface area contributed by atoms with Gasteiger partial charge in [-0.25, -0.2) is 9.98 Å². The van der Waals surface area contributed by atoms with Gasteiger partial charge in [0.25, 0.3) is 0 Å². The molecule has 5 heteroatoms. The summed E-state index contributed by atoms with van der Waals surface area (Å²) in [5.41, 5.74) is 8.44. The van der Waals surface area contributed by atoms with Crippen LogP contribution in [0.1, 0.15) is 47.0 Å². The molecule has 0 fully saturated rings. The van der Waals surface area contributed by atoms with Gasteiger partial charge in [0.05, 0.1) is 22.7 Å². The lowest BCUT2D eigenvalue weighted by Gasteiger charge is -2.16. The molecule has 30 heavy (non-hydrogen) atoms. The molecule has 0 N–H and O–H groups in total. The summed E-state index contributed by atoms with van der Waals surface area (Å²) < 4.78 is 0. The first-order chi connectivity index (χ1) is 14.5. The number of thiazole rings is 1. The van der Waals surface area contributed by atoms with Crippen LogP contribution in [0.3, 0.4) is 0 Å². The number of hydrogen-bond donors (Lipinski definition) is 0. The zero-order chi connectivity index (χ0) is 21.1. The van der Waals surface area contributed by atoms with E-state index in [0.717, 1.165) is 45.5 Å². The Kier molecular flexibility index (Phi) is 6.55. The van der Waals surface area contributed by atoms with Crippen molar-refractivity contribution >= 4 is 35.0 Å². The third kappa shape index (κ3) is 4.76. The molecule has 4 rings (SSSR count). The number of aliphatic imine (C=N–C) groups is 1. The van der Waals surface area contributed by atoms with E-state index in [4.69, 9.17) is 16.6 Å². The number of aryl methyl sites for hydroxylation is 3. The highest BCUT2D eigenvalue weighted by atomic mass is 35.5. The van der Waals surface area contributed by atoms with Crippen LogP contribution < -0.4 is 0 Å². The number of nitrogens with zero attached hydrogens (tertiary/aromatic N) is 3. The molecular formula is C25H28ClN3S. The SMILES string of the molecule is CCN(C)C=Nc1cc(Cl)c(Cc2nc(-c3ccc4c(c3)CCCC4)cs2)cc1C. The third-order valence-corrected chi connectivity index (χ3v) is 7.00. The highest BCUT2D eigenvalue weighted by molar-refractivity contribution is 7.10. The van der Waals surface area contributed by atoms with Crippen molar-refractivity contribution in [3.05, 3.63) is 68.0 Å². The summed E-state index contributed by atoms with van der Waals surface area (Å²) in [5.74, 6) is 0. The highest BCUT2D eigenvalue weighted by Crippen LogP contribution is 2.32. The summed E-state index contributed by atoms with van der Waals surface area (Å²) in [6.45, 7) is 5.10. The number of halogens is 1. The topological polar surface area (TPSA) is 28.5 Å². The summed E-state index contributed by atoms with van der Waals surface area (Å²) in [5, 5.41) is 4.00. The minimum atomic E-state index is 0.744. The Labute approximate surface area is 188 Å². The molecule has 0 radical (unpaired) electrons. The summed E-state index contributed by atoms with van der Waals surface area (Å²) in [6, 6.07) is 11.0. The van der Waals surface area contributed by atoms with Gasteiger partial charge in [-0.3, -0.25) is 0 Å². The van der Waals surface area contributed by atoms with Crippen molar-refractivity contribution in [3.63, 3.8) is 0 Å². The average molecular weight is 438 g/mol. The van der Waals surface area contributed by atoms with E-state index in [1.165, 1.54) is 42.4 Å². The Bertz CT molecular complexity index is 1070. The minimum absolute atomic E-state index is 0.744. The lowest BCUT2D eigenvalue weighted by Crippen LogP contribution is -2.14. The van der Waals surface area contributed by atoms with Gasteiger partial charge in [-0.1, -0.05) is 29.8 Å². The minimum Gasteiger partial charge on any atom is -0.366 e. The van der Waals surface area contributed by atoms with Crippen molar-refractivity contribution in [2.24, 2.45) is 4.99 Å². The number of fused-ring (bicyclic) bond motifs is 1. The Balaban J connectivity index is 1.52. The number of aromatic nitrogens is 1. The first-order valence-electron chi connectivity index (χ1n) is 10.6. The van der Waals surface area contributed by atoms with Gasteiger partial charge >= 0.3 is 0 Å². The normalized spacial score (nSPS) is 13.6. The molecule has 3 aromatic rings. The molecule has 0 amide bonds. The average Bonchev–Trinajstić information content (AvgIpc) is 3.23. The summed E-state index contributed by atoms with van der Waals surface area (Å²) in [4.78, 5) is 11.5. The molecule has 156 valence electrons. The Morgan fingerprint density at radius 1 is 1.17 bits per heavy atom. The van der Waals surface area contributed by atoms with Gasteiger partial charge in [0.1, 0.15) is 0 Å². The predicted molar refractivity (Wildman–Crippen MR) is 130 cm³/mol. The Morgan fingerprint density at radius 2 is 1.97 bits per heavy atom. The van der Waals surface area contributed by atoms with Crippen molar-refractivity contribution < 1.29 is 0 Å². The fourth-order valence-corrected chi connectivity index (χ4v) is 4.88. The van der Waals surface area contributed by atoms with Crippen LogP contribution in [0.5, 0.6) is 0 Å². The second kappa shape index (κ2) is 9.32. The molecule has 0 atom stereocenters. The zero-order valence-corrected chi connectivity index (χ0v) is 19.5. The summed E-state index contributed by atoms with van der Waals surface area (Å²) in [6.07, 6.45) is 7.61. The third-order valence-electron chi connectivity index (χ3n) is 5.80. The van der Waals surface area contributed by atoms with Gasteiger partial charge in [0.2, 0.25) is 0 Å². The Morgan fingerprint density at radius 3 is 2.77 bits per heavy atom. The van der Waals surface area contributed by atoms with E-state index in [0.29, 0.717) is 0 Å². The molecule has 1 aromatic heterocycles. The number of rotatable bonds is 6. The largest absolute Gasteiger partial charge is 0.366 e. The van der Waals surface area contributed by atoms with Crippen LogP contribution in [-0.2, 0) is 19.3 Å². The lowest BCUT2D eigenvalue weighted by atomic mass is 9.90. The number of benzene rings is 2. The van der Waals surface area contributed by atoms with Crippen molar-refractivity contribution in [3.8, 4) is 11.3 Å². The van der Waals surface area contributed by atoms with Crippen LogP contribution in [-0.4, -0.2) is 29.8 Å². The van der Waals surface area contributed by atoms with Crippen LogP contribution in [0.25, 0.3) is 11.3 Å². The van der Waals surface area contributed by atoms with Gasteiger partial charge in [-0.05, 0) is 73.9 Å². The molecule has 1 aliphatic rings. The molecule has 0 aliphatic heterocycles. The molecule has 0 saturated heterocycles. The van der Waals surface area contributed by atoms with Crippen molar-refractivity contribution in [1.82, 2.24) is 9.88 Å². The van der Waals surface area contributed by atoms with Crippen molar-refractivity contribution in [2.75, 3.05) is 13.6 Å². The maximum absolute atomic E-state index is 6.59. The molecule has 3 nitrogen and oxygen atoms in total. The molecule has 1 aliphatic carbocycles. The van der Waals surface area contributed by atoms with Gasteiger partial charge in [-0.2, -0.15) is 0 Å². The van der Waals surface area contributed by atoms with Crippen molar-refractivity contribution in [2.45, 2.75) is 46.0 Å². The second-order valence-electron chi connectivity index (χ2n) is 8.04. The van der Waals surface area contributed by atoms with Crippen LogP contribution in [0.2, 0.25) is 5.02 Å². The van der Waals surface area contributed by atoms with E-state index in [9.17, 15) is 0 Å². The van der Waals surface area contributed by atoms with Crippen LogP contribution in [0, 0.1) is 6.92 Å². The standard InChI is InChI=1S/C25H28ClN3S/c1-4-29(3)16-27-23-14-22(26)21(11-17(23)2)13-25-28-24(15-30-25)20-10-9-18-7-5-6-8-19(18)12-20/h9-12,14-16H,4-8,13H2,1-3H3. The molecule has 0 bridgehead atoms. The summed E-state index contributed by atoms with van der Waals surface area (Å²) >= 11 is 8.30. The maximum atomic E-state index is 6.59. The van der Waals surface area contributed by atoms with Gasteiger partial charge < -0.3 is 4.90 Å². The quantitative estimate of drug-likeness (QED) is 0.311. The van der Waals surface area contributed by atoms with Gasteiger partial charge in [0, 0.05) is 36.0 Å². The smallest absolute Gasteiger partial charge is 0.0977 e. The fourth-order valence-electron chi connectivity index (χ4n) is 3.83. The van der Waals surface area contributed by atoms with E-state index >= 15 is 0 Å². The Hall–Kier alpha value is -2.17. The first kappa shape index (κ1) is 21.1. The van der Waals surface area contributed by atoms with E-state index in [2.05, 4.69) is 48.5 Å². The van der Waals surface area contributed by atoms with E-state index in [1.54, 1.807) is 11.3 Å². The predicted octanol–water partition coefficient (Wildman–Crippen LogP) is 6.85. The van der Waals surface area contributed by atoms with Crippen LogP contribution in [0.4, 0.5) is 5.69 Å². The lowest BCUT2D eigenvalue weighted by molar-refractivity contribution is 0.552. The van der Waals surface area contributed by atoms with Crippen molar-refractivity contribution in [1.29, 1.82) is 0 Å². The summed E-state index contributed by atoms with van der Waals surface area (Å²) in [7, 11) is 2.01. The molecule has 0 saturated carbocycles. The molecule has 1 heterocycles. The van der Waals surface area contributed by atoms with Crippen LogP contribution >= 0.6 is 22.9 Å². The number of hydrogen-bond acceptors (Lipinski definition) is 3. The monoisotopic (exact) mass is 437 g/mol. The van der Waals surface area contributed by atoms with Crippen LogP contribution in [0.15, 0.2) is 40.7 Å². The van der Waals surface area contributed by atoms with E-state index in [-0.39, 0.29) is 0 Å². The zero-order valence-electron chi connectivity index (χ0n) is 17.9. The molecule has 0 spiro atoms. The highest BCUT2D eigenvalue weighted by Gasteiger charge is 2.13. The first-order valence-corrected chi connectivity index (χ1v) is 11.9. The van der Waals surface area contributed by atoms with Gasteiger partial charge in [-0.15, -0.1) is 11.3 Å². The molecular weight excluding hydrogens is 410 g/mol. The second-order valence-corrected chi connectivity index (χ2v) is 9.39. The molecule has 0 unspecified atom stereocenters. The van der Waals surface area contributed by atoms with Gasteiger partial charge in [0.15, 0.2) is 0 Å².